The lowest BCUT2D eigenvalue weighted by molar-refractivity contribution is 0.275. The molecule has 0 saturated carbocycles. The number of hydrogen-bond donors (Lipinski definition) is 2. The number of anilines is 1. The Hall–Kier alpha value is -1.90. The number of rotatable bonds is 6. The van der Waals surface area contributed by atoms with E-state index in [1.165, 1.54) is 23.5 Å². The predicted molar refractivity (Wildman–Crippen MR) is 84.2 cm³/mol. The highest BCUT2D eigenvalue weighted by Gasteiger charge is 2.20. The van der Waals surface area contributed by atoms with Gasteiger partial charge in [0.05, 0.1) is 16.3 Å². The van der Waals surface area contributed by atoms with Crippen LogP contribution in [-0.4, -0.2) is 47.8 Å². The van der Waals surface area contributed by atoms with E-state index in [9.17, 15) is 8.42 Å². The first-order valence-corrected chi connectivity index (χ1v) is 8.30. The van der Waals surface area contributed by atoms with E-state index in [0.29, 0.717) is 17.9 Å². The van der Waals surface area contributed by atoms with E-state index in [2.05, 4.69) is 5.10 Å². The molecular formula is C14H20N4O3S. The molecule has 0 aliphatic heterocycles. The summed E-state index contributed by atoms with van der Waals surface area (Å²) in [4.78, 5) is 0.194. The molecule has 8 heteroatoms. The number of aliphatic hydroxyl groups excluding tert-OH is 1. The summed E-state index contributed by atoms with van der Waals surface area (Å²) in [5.74, 6) is 0.494. The Bertz CT molecular complexity index is 738. The SMILES string of the molecule is Cc1cc(N)n(-c2ccc(S(=O)(=O)N(C)CCCO)cc2)n1. The first kappa shape index (κ1) is 16.5. The molecule has 0 atom stereocenters. The standard InChI is InChI=1S/C14H20N4O3S/c1-11-10-14(15)18(16-11)12-4-6-13(7-5-12)22(20,21)17(2)8-3-9-19/h4-7,10,19H,3,8-9,15H2,1-2H3. The summed E-state index contributed by atoms with van der Waals surface area (Å²) in [7, 11) is -2.06. The molecule has 0 spiro atoms. The van der Waals surface area contributed by atoms with E-state index in [1.54, 1.807) is 22.9 Å². The monoisotopic (exact) mass is 324 g/mol. The van der Waals surface area contributed by atoms with Gasteiger partial charge in [-0.15, -0.1) is 0 Å². The molecule has 0 amide bonds. The molecule has 0 radical (unpaired) electrons. The second-order valence-electron chi connectivity index (χ2n) is 5.02. The van der Waals surface area contributed by atoms with Crippen LogP contribution in [0.15, 0.2) is 35.2 Å². The minimum atomic E-state index is -3.55. The van der Waals surface area contributed by atoms with Crippen LogP contribution in [-0.2, 0) is 10.0 Å². The van der Waals surface area contributed by atoms with Crippen LogP contribution in [0.2, 0.25) is 0 Å². The summed E-state index contributed by atoms with van der Waals surface area (Å²) in [5, 5.41) is 13.1. The molecule has 2 aromatic rings. The number of aromatic nitrogens is 2. The summed E-state index contributed by atoms with van der Waals surface area (Å²) in [5.41, 5.74) is 7.34. The number of aryl methyl sites for hydroxylation is 1. The van der Waals surface area contributed by atoms with Crippen LogP contribution in [0.3, 0.4) is 0 Å². The Labute approximate surface area is 130 Å². The number of nitrogens with two attached hydrogens (primary N) is 1. The van der Waals surface area contributed by atoms with Gasteiger partial charge in [0, 0.05) is 26.3 Å². The number of aliphatic hydroxyl groups is 1. The molecule has 1 aromatic carbocycles. The minimum Gasteiger partial charge on any atom is -0.396 e. The fraction of sp³-hybridized carbons (Fsp3) is 0.357. The second kappa shape index (κ2) is 6.47. The Balaban J connectivity index is 2.27. The van der Waals surface area contributed by atoms with Crippen LogP contribution in [0, 0.1) is 6.92 Å². The highest BCUT2D eigenvalue weighted by Crippen LogP contribution is 2.19. The Morgan fingerprint density at radius 1 is 1.32 bits per heavy atom. The number of hydrogen-bond acceptors (Lipinski definition) is 5. The van der Waals surface area contributed by atoms with Crippen molar-refractivity contribution in [3.05, 3.63) is 36.0 Å². The van der Waals surface area contributed by atoms with Crippen molar-refractivity contribution in [2.24, 2.45) is 0 Å². The molecule has 22 heavy (non-hydrogen) atoms. The minimum absolute atomic E-state index is 0.0449. The topological polar surface area (TPSA) is 101 Å². The molecule has 7 nitrogen and oxygen atoms in total. The highest BCUT2D eigenvalue weighted by atomic mass is 32.2. The summed E-state index contributed by atoms with van der Waals surface area (Å²) >= 11 is 0. The summed E-state index contributed by atoms with van der Waals surface area (Å²) in [6.07, 6.45) is 0.400. The zero-order valence-corrected chi connectivity index (χ0v) is 13.4. The molecule has 0 saturated heterocycles. The lowest BCUT2D eigenvalue weighted by atomic mass is 10.3. The molecule has 0 aliphatic rings. The summed E-state index contributed by atoms with van der Waals surface area (Å²) < 4.78 is 27.5. The van der Waals surface area contributed by atoms with E-state index < -0.39 is 10.0 Å². The first-order valence-electron chi connectivity index (χ1n) is 6.86. The number of nitrogens with zero attached hydrogens (tertiary/aromatic N) is 3. The van der Waals surface area contributed by atoms with Gasteiger partial charge in [-0.05, 0) is 37.6 Å². The number of benzene rings is 1. The first-order chi connectivity index (χ1) is 10.4. The van der Waals surface area contributed by atoms with Gasteiger partial charge < -0.3 is 10.8 Å². The molecule has 0 unspecified atom stereocenters. The van der Waals surface area contributed by atoms with Gasteiger partial charge in [0.25, 0.3) is 0 Å². The lowest BCUT2D eigenvalue weighted by Crippen LogP contribution is -2.28. The lowest BCUT2D eigenvalue weighted by Gasteiger charge is -2.16. The molecule has 0 aliphatic carbocycles. The van der Waals surface area contributed by atoms with Crippen molar-refractivity contribution < 1.29 is 13.5 Å². The molecule has 0 bridgehead atoms. The fourth-order valence-electron chi connectivity index (χ4n) is 2.08. The fourth-order valence-corrected chi connectivity index (χ4v) is 3.29. The van der Waals surface area contributed by atoms with Crippen molar-refractivity contribution in [3.63, 3.8) is 0 Å². The molecule has 1 heterocycles. The van der Waals surface area contributed by atoms with Gasteiger partial charge >= 0.3 is 0 Å². The van der Waals surface area contributed by atoms with Gasteiger partial charge in [0.1, 0.15) is 5.82 Å². The largest absolute Gasteiger partial charge is 0.396 e. The molecule has 1 aromatic heterocycles. The van der Waals surface area contributed by atoms with Crippen LogP contribution >= 0.6 is 0 Å². The van der Waals surface area contributed by atoms with Crippen molar-refractivity contribution in [1.29, 1.82) is 0 Å². The third-order valence-electron chi connectivity index (χ3n) is 3.28. The van der Waals surface area contributed by atoms with E-state index in [4.69, 9.17) is 10.8 Å². The van der Waals surface area contributed by atoms with Crippen LogP contribution in [0.25, 0.3) is 5.69 Å². The highest BCUT2D eigenvalue weighted by molar-refractivity contribution is 7.89. The van der Waals surface area contributed by atoms with E-state index in [0.717, 1.165) is 5.69 Å². The molecule has 2 rings (SSSR count). The molecule has 120 valence electrons. The maximum Gasteiger partial charge on any atom is 0.242 e. The van der Waals surface area contributed by atoms with Gasteiger partial charge in [-0.2, -0.15) is 5.10 Å². The van der Waals surface area contributed by atoms with Gasteiger partial charge in [0.2, 0.25) is 10.0 Å². The van der Waals surface area contributed by atoms with E-state index >= 15 is 0 Å². The maximum absolute atomic E-state index is 12.4. The Morgan fingerprint density at radius 3 is 2.45 bits per heavy atom. The Morgan fingerprint density at radius 2 is 1.95 bits per heavy atom. The van der Waals surface area contributed by atoms with Gasteiger partial charge in [-0.25, -0.2) is 17.4 Å². The third kappa shape index (κ3) is 3.29. The quantitative estimate of drug-likeness (QED) is 0.817. The van der Waals surface area contributed by atoms with Crippen LogP contribution < -0.4 is 5.73 Å². The van der Waals surface area contributed by atoms with Crippen molar-refractivity contribution >= 4 is 15.8 Å². The van der Waals surface area contributed by atoms with Crippen molar-refractivity contribution in [3.8, 4) is 5.69 Å². The smallest absolute Gasteiger partial charge is 0.242 e. The number of nitrogen functional groups attached to an aromatic ring is 1. The summed E-state index contributed by atoms with van der Waals surface area (Å²) in [6, 6.07) is 8.12. The van der Waals surface area contributed by atoms with Crippen LogP contribution in [0.5, 0.6) is 0 Å². The summed E-state index contributed by atoms with van der Waals surface area (Å²) in [6.45, 7) is 2.06. The van der Waals surface area contributed by atoms with Gasteiger partial charge in [-0.3, -0.25) is 0 Å². The Kier molecular flexibility index (Phi) is 4.84. The average Bonchev–Trinajstić information content (AvgIpc) is 2.83. The molecular weight excluding hydrogens is 304 g/mol. The van der Waals surface area contributed by atoms with E-state index in [1.807, 2.05) is 6.92 Å². The third-order valence-corrected chi connectivity index (χ3v) is 5.15. The van der Waals surface area contributed by atoms with Gasteiger partial charge in [-0.1, -0.05) is 0 Å². The predicted octanol–water partition coefficient (Wildman–Crippen LogP) is 0.766. The van der Waals surface area contributed by atoms with Crippen molar-refractivity contribution in [2.45, 2.75) is 18.2 Å². The van der Waals surface area contributed by atoms with E-state index in [-0.39, 0.29) is 18.0 Å². The zero-order chi connectivity index (χ0) is 16.3. The van der Waals surface area contributed by atoms with Crippen LogP contribution in [0.1, 0.15) is 12.1 Å². The van der Waals surface area contributed by atoms with Crippen molar-refractivity contribution in [1.82, 2.24) is 14.1 Å². The normalized spacial score (nSPS) is 12.0. The molecule has 0 fully saturated rings. The zero-order valence-electron chi connectivity index (χ0n) is 12.6. The average molecular weight is 324 g/mol. The second-order valence-corrected chi connectivity index (χ2v) is 7.06. The maximum atomic E-state index is 12.4. The molecule has 3 N–H and O–H groups in total. The van der Waals surface area contributed by atoms with Crippen LogP contribution in [0.4, 0.5) is 5.82 Å². The number of sulfonamides is 1. The van der Waals surface area contributed by atoms with Crippen molar-refractivity contribution in [2.75, 3.05) is 25.9 Å². The van der Waals surface area contributed by atoms with Gasteiger partial charge in [0.15, 0.2) is 0 Å².